The molecule has 4 heterocycles. The van der Waals surface area contributed by atoms with Crippen molar-refractivity contribution in [1.82, 2.24) is 19.5 Å². The lowest BCUT2D eigenvalue weighted by molar-refractivity contribution is 1.05. The molecule has 0 aliphatic carbocycles. The monoisotopic (exact) mass is 680 g/mol. The fourth-order valence-corrected chi connectivity index (χ4v) is 9.15. The van der Waals surface area contributed by atoms with Gasteiger partial charge in [0, 0.05) is 69.9 Å². The van der Waals surface area contributed by atoms with Gasteiger partial charge in [0.2, 0.25) is 0 Å². The molecule has 0 fully saturated rings. The van der Waals surface area contributed by atoms with Crippen LogP contribution in [-0.2, 0) is 0 Å². The molecule has 0 spiro atoms. The number of aromatic nitrogens is 4. The van der Waals surface area contributed by atoms with E-state index < -0.39 is 0 Å². The number of hydrogen-bond acceptors (Lipinski definition) is 4. The number of thiophene rings is 1. The van der Waals surface area contributed by atoms with Crippen LogP contribution in [0.15, 0.2) is 170 Å². The minimum absolute atomic E-state index is 0.697. The molecule has 242 valence electrons. The van der Waals surface area contributed by atoms with Gasteiger partial charge in [-0.1, -0.05) is 140 Å². The third kappa shape index (κ3) is 4.36. The Balaban J connectivity index is 1.22. The number of benzene rings is 7. The van der Waals surface area contributed by atoms with Gasteiger partial charge < -0.3 is 0 Å². The fraction of sp³-hybridized carbons (Fsp3) is 0. The second-order valence-corrected chi connectivity index (χ2v) is 14.2. The molecular formula is C47H28N4S. The minimum atomic E-state index is 0.697. The molecule has 0 aliphatic heterocycles. The van der Waals surface area contributed by atoms with Gasteiger partial charge in [-0.25, -0.2) is 15.0 Å². The Labute approximate surface area is 302 Å². The van der Waals surface area contributed by atoms with Crippen LogP contribution in [0, 0.1) is 0 Å². The summed E-state index contributed by atoms with van der Waals surface area (Å²) in [5.41, 5.74) is 8.32. The average Bonchev–Trinajstić information content (AvgIpc) is 3.77. The van der Waals surface area contributed by atoms with Crippen molar-refractivity contribution < 1.29 is 0 Å². The van der Waals surface area contributed by atoms with E-state index in [1.165, 1.54) is 36.3 Å². The van der Waals surface area contributed by atoms with Gasteiger partial charge in [0.15, 0.2) is 5.82 Å². The molecule has 0 N–H and O–H groups in total. The van der Waals surface area contributed by atoms with E-state index in [2.05, 4.69) is 156 Å². The van der Waals surface area contributed by atoms with E-state index in [0.717, 1.165) is 61.2 Å². The highest BCUT2D eigenvalue weighted by Gasteiger charge is 2.20. The van der Waals surface area contributed by atoms with Crippen molar-refractivity contribution in [2.24, 2.45) is 0 Å². The van der Waals surface area contributed by atoms with Crippen molar-refractivity contribution in [3.05, 3.63) is 170 Å². The number of pyridine rings is 1. The molecule has 0 bridgehead atoms. The van der Waals surface area contributed by atoms with Gasteiger partial charge in [0.25, 0.3) is 0 Å². The zero-order chi connectivity index (χ0) is 34.2. The van der Waals surface area contributed by atoms with Crippen LogP contribution in [-0.4, -0.2) is 19.5 Å². The molecule has 11 aromatic rings. The highest BCUT2D eigenvalue weighted by molar-refractivity contribution is 7.26. The maximum Gasteiger partial charge on any atom is 0.162 e. The van der Waals surface area contributed by atoms with Gasteiger partial charge in [0.05, 0.1) is 27.9 Å². The summed E-state index contributed by atoms with van der Waals surface area (Å²) in [7, 11) is 0. The zero-order valence-electron chi connectivity index (χ0n) is 27.9. The summed E-state index contributed by atoms with van der Waals surface area (Å²) in [6, 6.07) is 59.9. The van der Waals surface area contributed by atoms with Crippen LogP contribution in [0.25, 0.3) is 103 Å². The fourth-order valence-electron chi connectivity index (χ4n) is 7.92. The molecule has 7 aromatic carbocycles. The molecule has 0 amide bonds. The lowest BCUT2D eigenvalue weighted by atomic mass is 9.95. The normalized spacial score (nSPS) is 11.8. The Bertz CT molecular complexity index is 3130. The Hall–Kier alpha value is -6.69. The molecule has 0 saturated heterocycles. The predicted molar refractivity (Wildman–Crippen MR) is 218 cm³/mol. The summed E-state index contributed by atoms with van der Waals surface area (Å²) in [4.78, 5) is 15.8. The van der Waals surface area contributed by atoms with Crippen LogP contribution in [0.2, 0.25) is 0 Å². The molecule has 4 nitrogen and oxygen atoms in total. The molecular weight excluding hydrogens is 653 g/mol. The first-order valence-corrected chi connectivity index (χ1v) is 18.3. The van der Waals surface area contributed by atoms with E-state index in [1.807, 2.05) is 29.5 Å². The van der Waals surface area contributed by atoms with E-state index >= 15 is 0 Å². The first-order valence-electron chi connectivity index (χ1n) is 17.5. The molecule has 0 radical (unpaired) electrons. The van der Waals surface area contributed by atoms with Gasteiger partial charge in [-0.05, 0) is 24.3 Å². The van der Waals surface area contributed by atoms with Gasteiger partial charge >= 0.3 is 0 Å². The Morgan fingerprint density at radius 1 is 0.442 bits per heavy atom. The average molecular weight is 681 g/mol. The maximum atomic E-state index is 5.30. The highest BCUT2D eigenvalue weighted by Crippen LogP contribution is 2.46. The smallest absolute Gasteiger partial charge is 0.162 e. The third-order valence-electron chi connectivity index (χ3n) is 10.2. The third-order valence-corrected chi connectivity index (χ3v) is 11.4. The van der Waals surface area contributed by atoms with Crippen molar-refractivity contribution in [2.45, 2.75) is 0 Å². The lowest BCUT2D eigenvalue weighted by Gasteiger charge is -2.13. The molecule has 11 rings (SSSR count). The number of fused-ring (bicyclic) bond motifs is 10. The summed E-state index contributed by atoms with van der Waals surface area (Å²) in [6.45, 7) is 0. The minimum Gasteiger partial charge on any atom is -0.294 e. The topological polar surface area (TPSA) is 43.6 Å². The van der Waals surface area contributed by atoms with Crippen LogP contribution in [0.4, 0.5) is 0 Å². The van der Waals surface area contributed by atoms with E-state index in [-0.39, 0.29) is 0 Å². The van der Waals surface area contributed by atoms with Crippen molar-refractivity contribution in [3.8, 4) is 39.7 Å². The van der Waals surface area contributed by atoms with Gasteiger partial charge in [-0.15, -0.1) is 11.3 Å². The number of hydrogen-bond donors (Lipinski definition) is 0. The van der Waals surface area contributed by atoms with Crippen molar-refractivity contribution in [1.29, 1.82) is 0 Å². The number of nitrogens with zero attached hydrogens (tertiary/aromatic N) is 4. The summed E-state index contributed by atoms with van der Waals surface area (Å²) >= 11 is 1.83. The largest absolute Gasteiger partial charge is 0.294 e. The standard InChI is InChI=1S/C47H28N4S/c1-3-14-29(15-4-1)45-35-26-27-41-44(43(35)33-20-7-10-23-37(33)48-45)36-22-13-21-34(46(36)52-41)38-28-42(50-47(49-38)30-16-5-2-6-17-30)51-39-24-11-8-18-31(39)32-19-9-12-25-40(32)51/h1-28H. The molecule has 0 atom stereocenters. The summed E-state index contributed by atoms with van der Waals surface area (Å²) in [6.07, 6.45) is 0. The number of rotatable bonds is 4. The van der Waals surface area contributed by atoms with Crippen LogP contribution in [0.3, 0.4) is 0 Å². The van der Waals surface area contributed by atoms with E-state index in [1.54, 1.807) is 0 Å². The SMILES string of the molecule is c1ccc(-c2nc(-c3cccc4c3sc3ccc5c(-c6ccccc6)nc6ccccc6c5c34)cc(-n3c4ccccc4c4ccccc43)n2)cc1. The molecule has 0 saturated carbocycles. The maximum absolute atomic E-state index is 5.30. The van der Waals surface area contributed by atoms with Gasteiger partial charge in [0.1, 0.15) is 5.82 Å². The number of para-hydroxylation sites is 3. The van der Waals surface area contributed by atoms with Gasteiger partial charge in [-0.2, -0.15) is 0 Å². The first-order chi connectivity index (χ1) is 25.8. The van der Waals surface area contributed by atoms with E-state index in [4.69, 9.17) is 15.0 Å². The van der Waals surface area contributed by atoms with Crippen molar-refractivity contribution in [2.75, 3.05) is 0 Å². The zero-order valence-corrected chi connectivity index (χ0v) is 28.7. The lowest BCUT2D eigenvalue weighted by Crippen LogP contribution is -2.02. The van der Waals surface area contributed by atoms with Crippen LogP contribution in [0.1, 0.15) is 0 Å². The second kappa shape index (κ2) is 11.4. The molecule has 4 aromatic heterocycles. The van der Waals surface area contributed by atoms with Crippen molar-refractivity contribution in [3.63, 3.8) is 0 Å². The first kappa shape index (κ1) is 29.1. The highest BCUT2D eigenvalue weighted by atomic mass is 32.1. The van der Waals surface area contributed by atoms with E-state index in [0.29, 0.717) is 5.82 Å². The Kier molecular flexibility index (Phi) is 6.39. The molecule has 5 heteroatoms. The molecule has 0 unspecified atom stereocenters. The van der Waals surface area contributed by atoms with E-state index in [9.17, 15) is 0 Å². The van der Waals surface area contributed by atoms with Gasteiger partial charge in [-0.3, -0.25) is 4.57 Å². The van der Waals surface area contributed by atoms with Crippen LogP contribution in [0.5, 0.6) is 0 Å². The summed E-state index contributed by atoms with van der Waals surface area (Å²) < 4.78 is 4.73. The summed E-state index contributed by atoms with van der Waals surface area (Å²) in [5.74, 6) is 1.54. The summed E-state index contributed by atoms with van der Waals surface area (Å²) in [5, 5.41) is 8.44. The van der Waals surface area contributed by atoms with Crippen LogP contribution >= 0.6 is 11.3 Å². The van der Waals surface area contributed by atoms with Crippen LogP contribution < -0.4 is 0 Å². The molecule has 52 heavy (non-hydrogen) atoms. The van der Waals surface area contributed by atoms with Crippen molar-refractivity contribution >= 4 is 75.0 Å². The predicted octanol–water partition coefficient (Wildman–Crippen LogP) is 12.6. The quantitative estimate of drug-likeness (QED) is 0.174. The molecule has 0 aliphatic rings. The Morgan fingerprint density at radius 2 is 1.08 bits per heavy atom. The Morgan fingerprint density at radius 3 is 1.83 bits per heavy atom. The second-order valence-electron chi connectivity index (χ2n) is 13.2.